The lowest BCUT2D eigenvalue weighted by Crippen LogP contribution is -2.55. The topological polar surface area (TPSA) is 39.4 Å². The highest BCUT2D eigenvalue weighted by atomic mass is 16.5. The van der Waals surface area contributed by atoms with Gasteiger partial charge < -0.3 is 9.15 Å². The molecule has 1 aromatic heterocycles. The van der Waals surface area contributed by atoms with Crippen molar-refractivity contribution in [3.63, 3.8) is 0 Å². The normalized spacial score (nSPS) is 33.4. The van der Waals surface area contributed by atoms with Gasteiger partial charge in [-0.15, -0.1) is 0 Å². The van der Waals surface area contributed by atoms with Crippen molar-refractivity contribution in [2.75, 3.05) is 0 Å². The van der Waals surface area contributed by atoms with E-state index in [-0.39, 0.29) is 11.7 Å². The van der Waals surface area contributed by atoms with Crippen LogP contribution >= 0.6 is 0 Å². The van der Waals surface area contributed by atoms with E-state index in [0.717, 1.165) is 12.3 Å². The summed E-state index contributed by atoms with van der Waals surface area (Å²) >= 11 is 0. The summed E-state index contributed by atoms with van der Waals surface area (Å²) in [4.78, 5) is 11.9. The molecule has 1 unspecified atom stereocenters. The third kappa shape index (κ3) is 1.36. The summed E-state index contributed by atoms with van der Waals surface area (Å²) in [5.74, 6) is 2.62. The molecule has 0 amide bonds. The van der Waals surface area contributed by atoms with Gasteiger partial charge in [-0.3, -0.25) is 0 Å². The molecule has 3 nitrogen and oxygen atoms in total. The summed E-state index contributed by atoms with van der Waals surface area (Å²) in [6.07, 6.45) is 4.53. The van der Waals surface area contributed by atoms with E-state index >= 15 is 0 Å². The Bertz CT molecular complexity index is 650. The van der Waals surface area contributed by atoms with Gasteiger partial charge in [0.25, 0.3) is 0 Å². The van der Waals surface area contributed by atoms with Gasteiger partial charge in [0, 0.05) is 6.07 Å². The van der Waals surface area contributed by atoms with Crippen molar-refractivity contribution in [3.8, 4) is 5.75 Å². The molecule has 3 fully saturated rings. The first kappa shape index (κ1) is 11.3. The molecule has 0 spiro atoms. The second kappa shape index (κ2) is 3.33. The minimum absolute atomic E-state index is 0.172. The monoisotopic (exact) mass is 258 g/mol. The summed E-state index contributed by atoms with van der Waals surface area (Å²) in [5.41, 5.74) is 1.98. The first-order chi connectivity index (χ1) is 8.96. The maximum atomic E-state index is 11.9. The largest absolute Gasteiger partial charge is 0.485 e. The molecule has 3 aliphatic carbocycles. The van der Waals surface area contributed by atoms with Crippen LogP contribution in [-0.2, 0) is 0 Å². The zero-order valence-corrected chi connectivity index (χ0v) is 11.5. The zero-order chi connectivity index (χ0) is 13.4. The van der Waals surface area contributed by atoms with Gasteiger partial charge in [0.1, 0.15) is 23.2 Å². The fraction of sp³-hybridized carbons (Fsp3) is 0.562. The van der Waals surface area contributed by atoms with Gasteiger partial charge in [-0.2, -0.15) is 0 Å². The molecule has 3 saturated carbocycles. The number of hydrogen-bond donors (Lipinski definition) is 0. The van der Waals surface area contributed by atoms with Crippen molar-refractivity contribution in [2.45, 2.75) is 39.7 Å². The van der Waals surface area contributed by atoms with Crippen molar-refractivity contribution in [1.82, 2.24) is 0 Å². The lowest BCUT2D eigenvalue weighted by molar-refractivity contribution is -0.0652. The first-order valence-corrected chi connectivity index (χ1v) is 6.99. The Morgan fingerprint density at radius 3 is 2.84 bits per heavy atom. The third-order valence-corrected chi connectivity index (χ3v) is 5.40. The maximum Gasteiger partial charge on any atom is 0.346 e. The average Bonchev–Trinajstić information content (AvgIpc) is 2.35. The molecular formula is C16H18O3. The summed E-state index contributed by atoms with van der Waals surface area (Å²) in [6.45, 7) is 6.44. The van der Waals surface area contributed by atoms with E-state index in [2.05, 4.69) is 13.8 Å². The van der Waals surface area contributed by atoms with Gasteiger partial charge in [0.2, 0.25) is 0 Å². The Kier molecular flexibility index (Phi) is 1.98. The zero-order valence-electron chi connectivity index (χ0n) is 11.5. The van der Waals surface area contributed by atoms with Crippen LogP contribution in [0.15, 0.2) is 20.9 Å². The highest BCUT2D eigenvalue weighted by Gasteiger charge is 2.56. The van der Waals surface area contributed by atoms with Crippen molar-refractivity contribution < 1.29 is 9.15 Å². The summed E-state index contributed by atoms with van der Waals surface area (Å²) in [7, 11) is 0. The Morgan fingerprint density at radius 1 is 1.32 bits per heavy atom. The predicted molar refractivity (Wildman–Crippen MR) is 72.1 cm³/mol. The van der Waals surface area contributed by atoms with Gasteiger partial charge in [-0.25, -0.2) is 4.79 Å². The van der Waals surface area contributed by atoms with Crippen LogP contribution in [0.2, 0.25) is 0 Å². The van der Waals surface area contributed by atoms with E-state index in [4.69, 9.17) is 9.15 Å². The molecule has 3 heteroatoms. The Balaban J connectivity index is 1.86. The van der Waals surface area contributed by atoms with Crippen LogP contribution < -0.4 is 10.4 Å². The molecule has 2 heterocycles. The molecule has 0 aromatic carbocycles. The minimum Gasteiger partial charge on any atom is -0.485 e. The molecule has 2 bridgehead atoms. The number of aryl methyl sites for hydroxylation is 1. The second-order valence-corrected chi connectivity index (χ2v) is 6.72. The predicted octanol–water partition coefficient (Wildman–Crippen LogP) is 3.16. The quantitative estimate of drug-likeness (QED) is 0.717. The summed E-state index contributed by atoms with van der Waals surface area (Å²) in [5, 5.41) is 0. The molecule has 1 aromatic rings. The van der Waals surface area contributed by atoms with Crippen molar-refractivity contribution in [3.05, 3.63) is 33.4 Å². The van der Waals surface area contributed by atoms with Crippen LogP contribution in [0, 0.1) is 24.2 Å². The smallest absolute Gasteiger partial charge is 0.346 e. The summed E-state index contributed by atoms with van der Waals surface area (Å²) in [6, 6.07) is 1.83. The van der Waals surface area contributed by atoms with E-state index in [1.54, 1.807) is 6.92 Å². The van der Waals surface area contributed by atoms with E-state index < -0.39 is 0 Å². The molecule has 0 radical (unpaired) electrons. The number of ether oxygens (including phenoxy) is 1. The molecular weight excluding hydrogens is 240 g/mol. The SMILES string of the molecule is Cc1cc2c(c(=O)o1)C=C1C(C[C@H]3C[C@@H]1C3(C)C)O2. The maximum absolute atomic E-state index is 11.9. The second-order valence-electron chi connectivity index (χ2n) is 6.72. The van der Waals surface area contributed by atoms with Gasteiger partial charge in [-0.1, -0.05) is 13.8 Å². The van der Waals surface area contributed by atoms with Crippen LogP contribution in [0.25, 0.3) is 6.08 Å². The molecule has 4 aliphatic rings. The number of hydrogen-bond acceptors (Lipinski definition) is 3. The van der Waals surface area contributed by atoms with E-state index in [1.165, 1.54) is 12.0 Å². The molecule has 3 atom stereocenters. The Hall–Kier alpha value is -1.51. The van der Waals surface area contributed by atoms with Crippen LogP contribution in [0.4, 0.5) is 0 Å². The van der Waals surface area contributed by atoms with Crippen molar-refractivity contribution in [2.24, 2.45) is 17.3 Å². The van der Waals surface area contributed by atoms with Crippen LogP contribution in [0.5, 0.6) is 5.75 Å². The average molecular weight is 258 g/mol. The molecule has 0 N–H and O–H groups in total. The Labute approximate surface area is 112 Å². The fourth-order valence-electron chi connectivity index (χ4n) is 4.05. The van der Waals surface area contributed by atoms with E-state index in [1.807, 2.05) is 12.1 Å². The van der Waals surface area contributed by atoms with Gasteiger partial charge in [-0.05, 0) is 48.7 Å². The third-order valence-electron chi connectivity index (χ3n) is 5.40. The van der Waals surface area contributed by atoms with E-state index in [9.17, 15) is 4.79 Å². The van der Waals surface area contributed by atoms with Crippen LogP contribution in [-0.4, -0.2) is 6.10 Å². The molecule has 0 saturated heterocycles. The van der Waals surface area contributed by atoms with Gasteiger partial charge in [0.15, 0.2) is 0 Å². The van der Waals surface area contributed by atoms with Crippen molar-refractivity contribution >= 4 is 6.08 Å². The standard InChI is InChI=1S/C16H18O3/c1-8-4-13-11(15(17)18-8)7-10-12-5-9(16(12,2)3)6-14(10)19-13/h4,7,9,12,14H,5-6H2,1-3H3/t9-,12+,14?/m1/s1. The van der Waals surface area contributed by atoms with Crippen LogP contribution in [0.3, 0.4) is 0 Å². The molecule has 19 heavy (non-hydrogen) atoms. The molecule has 5 rings (SSSR count). The highest BCUT2D eigenvalue weighted by Crippen LogP contribution is 2.62. The van der Waals surface area contributed by atoms with Gasteiger partial charge >= 0.3 is 5.63 Å². The highest BCUT2D eigenvalue weighted by molar-refractivity contribution is 5.63. The fourth-order valence-corrected chi connectivity index (χ4v) is 4.05. The van der Waals surface area contributed by atoms with Crippen molar-refractivity contribution in [1.29, 1.82) is 0 Å². The lowest BCUT2D eigenvalue weighted by atomic mass is 9.46. The van der Waals surface area contributed by atoms with E-state index in [0.29, 0.717) is 28.4 Å². The summed E-state index contributed by atoms with van der Waals surface area (Å²) < 4.78 is 11.2. The first-order valence-electron chi connectivity index (χ1n) is 6.99. The minimum atomic E-state index is -0.278. The lowest BCUT2D eigenvalue weighted by Gasteiger charge is -2.60. The van der Waals surface area contributed by atoms with Gasteiger partial charge in [0.05, 0.1) is 0 Å². The molecule has 100 valence electrons. The Morgan fingerprint density at radius 2 is 2.11 bits per heavy atom. The van der Waals surface area contributed by atoms with Crippen LogP contribution in [0.1, 0.15) is 38.0 Å². The molecule has 1 aliphatic heterocycles. The number of rotatable bonds is 0. The number of fused-ring (bicyclic) bond motifs is 1.